The Bertz CT molecular complexity index is 1200. The van der Waals surface area contributed by atoms with Gasteiger partial charge in [0.25, 0.3) is 11.6 Å². The van der Waals surface area contributed by atoms with Gasteiger partial charge in [0, 0.05) is 12.6 Å². The topological polar surface area (TPSA) is 116 Å². The maximum Gasteiger partial charge on any atom is 0.288 e. The Kier molecular flexibility index (Phi) is 5.08. The van der Waals surface area contributed by atoms with Crippen molar-refractivity contribution in [3.63, 3.8) is 0 Å². The number of anilines is 1. The van der Waals surface area contributed by atoms with Crippen LogP contribution in [0, 0.1) is 17.0 Å². The van der Waals surface area contributed by atoms with Crippen LogP contribution >= 0.6 is 0 Å². The minimum atomic E-state index is -0.668. The van der Waals surface area contributed by atoms with Crippen LogP contribution in [0.25, 0.3) is 11.6 Å². The zero-order valence-electron chi connectivity index (χ0n) is 16.0. The summed E-state index contributed by atoms with van der Waals surface area (Å²) in [4.78, 5) is 28.2. The third-order valence-corrected chi connectivity index (χ3v) is 4.44. The molecule has 4 rings (SSSR count). The summed E-state index contributed by atoms with van der Waals surface area (Å²) in [6, 6.07) is 16.9. The number of nitrogens with one attached hydrogen (secondary N) is 1. The summed E-state index contributed by atoms with van der Waals surface area (Å²) in [5.41, 5.74) is 1.72. The summed E-state index contributed by atoms with van der Waals surface area (Å²) in [5.74, 6) is 0.0602. The van der Waals surface area contributed by atoms with E-state index in [-0.39, 0.29) is 23.0 Å². The molecule has 0 saturated carbocycles. The van der Waals surface area contributed by atoms with Crippen LogP contribution in [0.2, 0.25) is 0 Å². The number of carbonyl (C=O) groups is 1. The second-order valence-electron chi connectivity index (χ2n) is 6.57. The molecule has 9 heteroatoms. The van der Waals surface area contributed by atoms with E-state index in [4.69, 9.17) is 4.42 Å². The van der Waals surface area contributed by atoms with Gasteiger partial charge in [-0.1, -0.05) is 42.0 Å². The van der Waals surface area contributed by atoms with Crippen LogP contribution in [0.4, 0.5) is 11.6 Å². The van der Waals surface area contributed by atoms with Crippen LogP contribution in [0.3, 0.4) is 0 Å². The number of rotatable bonds is 6. The number of hydrogen-bond donors (Lipinski definition) is 1. The number of benzene rings is 2. The largest absolute Gasteiger partial charge is 0.461 e. The molecule has 0 amide bonds. The Hall–Kier alpha value is -4.27. The molecule has 30 heavy (non-hydrogen) atoms. The lowest BCUT2D eigenvalue weighted by Gasteiger charge is -2.08. The molecule has 0 unspecified atom stereocenters. The van der Waals surface area contributed by atoms with Gasteiger partial charge in [0.2, 0.25) is 11.8 Å². The Morgan fingerprint density at radius 3 is 2.60 bits per heavy atom. The average molecular weight is 403 g/mol. The predicted octanol–water partition coefficient (Wildman–Crippen LogP) is 4.06. The molecule has 2 aromatic carbocycles. The van der Waals surface area contributed by atoms with Crippen LogP contribution in [-0.2, 0) is 6.54 Å². The first-order valence-electron chi connectivity index (χ1n) is 9.11. The number of hydrogen-bond acceptors (Lipinski definition) is 7. The molecular formula is C21H17N5O4. The van der Waals surface area contributed by atoms with Crippen molar-refractivity contribution >= 4 is 17.5 Å². The fourth-order valence-electron chi connectivity index (χ4n) is 2.89. The standard InChI is InChI=1S/C21H17N5O4/c1-14-8-10-15(11-9-14)13-22-21-23-19(18-7-4-12-30-18)24-25(21)20(27)16-5-2-3-6-17(16)26(28)29/h2-12H,13H2,1H3,(H,22,23,24). The highest BCUT2D eigenvalue weighted by Crippen LogP contribution is 2.23. The number of para-hydroxylation sites is 1. The van der Waals surface area contributed by atoms with E-state index in [1.54, 1.807) is 18.2 Å². The summed E-state index contributed by atoms with van der Waals surface area (Å²) in [6.45, 7) is 2.38. The van der Waals surface area contributed by atoms with Gasteiger partial charge >= 0.3 is 0 Å². The van der Waals surface area contributed by atoms with Crippen molar-refractivity contribution < 1.29 is 14.1 Å². The van der Waals surface area contributed by atoms with E-state index in [1.165, 1.54) is 24.5 Å². The third-order valence-electron chi connectivity index (χ3n) is 4.44. The smallest absolute Gasteiger partial charge is 0.288 e. The second-order valence-corrected chi connectivity index (χ2v) is 6.57. The van der Waals surface area contributed by atoms with Crippen molar-refractivity contribution in [2.24, 2.45) is 0 Å². The minimum absolute atomic E-state index is 0.0863. The van der Waals surface area contributed by atoms with E-state index < -0.39 is 10.8 Å². The molecule has 9 nitrogen and oxygen atoms in total. The SMILES string of the molecule is Cc1ccc(CNc2nc(-c3ccco3)nn2C(=O)c2ccccc2[N+](=O)[O-])cc1. The molecule has 150 valence electrons. The fraction of sp³-hybridized carbons (Fsp3) is 0.0952. The van der Waals surface area contributed by atoms with E-state index in [0.29, 0.717) is 12.3 Å². The maximum atomic E-state index is 13.1. The molecule has 4 aromatic rings. The van der Waals surface area contributed by atoms with Crippen LogP contribution in [0.15, 0.2) is 71.3 Å². The molecule has 0 aliphatic carbocycles. The molecule has 0 bridgehead atoms. The maximum absolute atomic E-state index is 13.1. The van der Waals surface area contributed by atoms with E-state index in [0.717, 1.165) is 15.8 Å². The second kappa shape index (κ2) is 8.00. The van der Waals surface area contributed by atoms with Crippen LogP contribution in [-0.4, -0.2) is 25.6 Å². The van der Waals surface area contributed by atoms with Crippen molar-refractivity contribution in [2.45, 2.75) is 13.5 Å². The first-order valence-corrected chi connectivity index (χ1v) is 9.11. The Balaban J connectivity index is 1.71. The zero-order chi connectivity index (χ0) is 21.1. The van der Waals surface area contributed by atoms with E-state index >= 15 is 0 Å². The summed E-state index contributed by atoms with van der Waals surface area (Å²) < 4.78 is 6.35. The van der Waals surface area contributed by atoms with Crippen molar-refractivity contribution in [3.05, 3.63) is 93.7 Å². The predicted molar refractivity (Wildman–Crippen MR) is 109 cm³/mol. The Morgan fingerprint density at radius 2 is 1.90 bits per heavy atom. The van der Waals surface area contributed by atoms with Gasteiger partial charge < -0.3 is 9.73 Å². The lowest BCUT2D eigenvalue weighted by Crippen LogP contribution is -2.18. The van der Waals surface area contributed by atoms with E-state index in [2.05, 4.69) is 15.4 Å². The van der Waals surface area contributed by atoms with Crippen molar-refractivity contribution in [1.82, 2.24) is 14.8 Å². The van der Waals surface area contributed by atoms with Crippen LogP contribution in [0.1, 0.15) is 21.5 Å². The van der Waals surface area contributed by atoms with Gasteiger partial charge in [-0.05, 0) is 30.7 Å². The first kappa shape index (κ1) is 19.1. The number of carbonyl (C=O) groups excluding carboxylic acids is 1. The lowest BCUT2D eigenvalue weighted by atomic mass is 10.1. The molecule has 0 aliphatic rings. The molecule has 0 aliphatic heterocycles. The number of furan rings is 1. The highest BCUT2D eigenvalue weighted by atomic mass is 16.6. The molecule has 2 heterocycles. The average Bonchev–Trinajstić information content (AvgIpc) is 3.43. The number of aromatic nitrogens is 3. The van der Waals surface area contributed by atoms with Gasteiger partial charge in [-0.15, -0.1) is 5.10 Å². The van der Waals surface area contributed by atoms with E-state index in [9.17, 15) is 14.9 Å². The molecule has 0 fully saturated rings. The normalized spacial score (nSPS) is 10.7. The van der Waals surface area contributed by atoms with E-state index in [1.807, 2.05) is 31.2 Å². The molecule has 0 radical (unpaired) electrons. The minimum Gasteiger partial charge on any atom is -0.461 e. The van der Waals surface area contributed by atoms with Crippen LogP contribution in [0.5, 0.6) is 0 Å². The van der Waals surface area contributed by atoms with Gasteiger partial charge in [0.15, 0.2) is 5.76 Å². The molecule has 0 atom stereocenters. The number of nitro benzene ring substituents is 1. The first-order chi connectivity index (χ1) is 14.5. The monoisotopic (exact) mass is 403 g/mol. The number of nitro groups is 1. The number of nitrogens with zero attached hydrogens (tertiary/aromatic N) is 4. The third kappa shape index (κ3) is 3.81. The Morgan fingerprint density at radius 1 is 1.13 bits per heavy atom. The Labute approximate surface area is 171 Å². The lowest BCUT2D eigenvalue weighted by molar-refractivity contribution is -0.385. The highest BCUT2D eigenvalue weighted by Gasteiger charge is 2.25. The molecule has 0 spiro atoms. The van der Waals surface area contributed by atoms with Gasteiger partial charge in [-0.3, -0.25) is 14.9 Å². The fourth-order valence-corrected chi connectivity index (χ4v) is 2.89. The van der Waals surface area contributed by atoms with Crippen molar-refractivity contribution in [3.8, 4) is 11.6 Å². The highest BCUT2D eigenvalue weighted by molar-refractivity contribution is 6.00. The summed E-state index contributed by atoms with van der Waals surface area (Å²) in [6.07, 6.45) is 1.47. The van der Waals surface area contributed by atoms with Gasteiger partial charge in [-0.25, -0.2) is 0 Å². The summed E-state index contributed by atoms with van der Waals surface area (Å²) in [7, 11) is 0. The van der Waals surface area contributed by atoms with Crippen LogP contribution < -0.4 is 5.32 Å². The van der Waals surface area contributed by atoms with Crippen molar-refractivity contribution in [2.75, 3.05) is 5.32 Å². The van der Waals surface area contributed by atoms with Gasteiger partial charge in [0.1, 0.15) is 5.56 Å². The number of aryl methyl sites for hydroxylation is 1. The molecule has 2 aromatic heterocycles. The molecule has 1 N–H and O–H groups in total. The van der Waals surface area contributed by atoms with Gasteiger partial charge in [-0.2, -0.15) is 9.67 Å². The van der Waals surface area contributed by atoms with Crippen molar-refractivity contribution in [1.29, 1.82) is 0 Å². The molecule has 0 saturated heterocycles. The summed E-state index contributed by atoms with van der Waals surface area (Å²) >= 11 is 0. The van der Waals surface area contributed by atoms with Gasteiger partial charge in [0.05, 0.1) is 11.2 Å². The molecular weight excluding hydrogens is 386 g/mol. The quantitative estimate of drug-likeness (QED) is 0.381. The summed E-state index contributed by atoms with van der Waals surface area (Å²) in [5, 5.41) is 18.7. The zero-order valence-corrected chi connectivity index (χ0v) is 16.0.